The van der Waals surface area contributed by atoms with Gasteiger partial charge in [-0.3, -0.25) is 14.9 Å². The number of aliphatic hydroxyl groups excluding tert-OH is 1. The number of hydrogen-bond acceptors (Lipinski definition) is 4. The lowest BCUT2D eigenvalue weighted by atomic mass is 10.1. The van der Waals surface area contributed by atoms with E-state index in [1.54, 1.807) is 19.1 Å². The summed E-state index contributed by atoms with van der Waals surface area (Å²) in [6, 6.07) is 5.94. The van der Waals surface area contributed by atoms with Gasteiger partial charge in [0.25, 0.3) is 5.69 Å². The molecule has 1 unspecified atom stereocenters. The normalized spacial score (nSPS) is 11.9. The summed E-state index contributed by atoms with van der Waals surface area (Å²) in [6.07, 6.45) is 1.57. The molecule has 0 aromatic heterocycles. The molecular weight excluding hydrogens is 248 g/mol. The van der Waals surface area contributed by atoms with E-state index in [0.717, 1.165) is 0 Å². The molecule has 1 aromatic rings. The molecule has 0 saturated carbocycles. The molecule has 6 nitrogen and oxygen atoms in total. The highest BCUT2D eigenvalue weighted by molar-refractivity contribution is 5.76. The first-order valence-corrected chi connectivity index (χ1v) is 6.19. The Morgan fingerprint density at radius 2 is 2.21 bits per heavy atom. The maximum Gasteiger partial charge on any atom is 0.269 e. The smallest absolute Gasteiger partial charge is 0.269 e. The molecule has 2 N–H and O–H groups in total. The third-order valence-electron chi connectivity index (χ3n) is 2.77. The van der Waals surface area contributed by atoms with Crippen molar-refractivity contribution in [1.29, 1.82) is 0 Å². The number of amides is 1. The Balaban J connectivity index is 2.57. The molecule has 104 valence electrons. The number of carbonyl (C=O) groups is 1. The molecule has 1 amide bonds. The highest BCUT2D eigenvalue weighted by Crippen LogP contribution is 2.19. The topological polar surface area (TPSA) is 92.5 Å². The molecule has 0 aliphatic rings. The fourth-order valence-electron chi connectivity index (χ4n) is 1.70. The summed E-state index contributed by atoms with van der Waals surface area (Å²) in [5.41, 5.74) is 0.712. The molecule has 0 radical (unpaired) electrons. The van der Waals surface area contributed by atoms with Gasteiger partial charge in [-0.15, -0.1) is 0 Å². The number of unbranched alkanes of at least 4 members (excludes halogenated alkanes) is 1. The van der Waals surface area contributed by atoms with Crippen LogP contribution in [0.25, 0.3) is 0 Å². The van der Waals surface area contributed by atoms with E-state index < -0.39 is 4.92 Å². The molecule has 0 aliphatic heterocycles. The lowest BCUT2D eigenvalue weighted by Crippen LogP contribution is -2.26. The van der Waals surface area contributed by atoms with Gasteiger partial charge in [0.15, 0.2) is 0 Å². The molecule has 1 rings (SSSR count). The Labute approximate surface area is 111 Å². The van der Waals surface area contributed by atoms with E-state index in [1.807, 2.05) is 0 Å². The Bertz CT molecular complexity index is 448. The number of aliphatic hydroxyl groups is 1. The minimum atomic E-state index is -0.459. The van der Waals surface area contributed by atoms with E-state index in [-0.39, 0.29) is 24.2 Å². The number of nitro benzene ring substituents is 1. The van der Waals surface area contributed by atoms with Crippen LogP contribution in [0.15, 0.2) is 24.3 Å². The Kier molecular flexibility index (Phi) is 5.95. The van der Waals surface area contributed by atoms with Crippen molar-refractivity contribution in [2.45, 2.75) is 32.2 Å². The molecule has 0 saturated heterocycles. The first kappa shape index (κ1) is 15.1. The van der Waals surface area contributed by atoms with Crippen molar-refractivity contribution < 1.29 is 14.8 Å². The Hall–Kier alpha value is -1.95. The van der Waals surface area contributed by atoms with Gasteiger partial charge in [0.2, 0.25) is 5.91 Å². The standard InChI is InChI=1S/C13H18N2O4/c1-10(14-13(17)7-2-3-8-16)11-5-4-6-12(9-11)15(18)19/h4-6,9-10,16H,2-3,7-8H2,1H3,(H,14,17). The van der Waals surface area contributed by atoms with E-state index in [9.17, 15) is 14.9 Å². The molecule has 0 spiro atoms. The summed E-state index contributed by atoms with van der Waals surface area (Å²) in [5.74, 6) is -0.118. The molecule has 0 heterocycles. The number of benzene rings is 1. The molecular formula is C13H18N2O4. The summed E-state index contributed by atoms with van der Waals surface area (Å²) < 4.78 is 0. The largest absolute Gasteiger partial charge is 0.396 e. The van der Waals surface area contributed by atoms with Gasteiger partial charge in [0.05, 0.1) is 11.0 Å². The van der Waals surface area contributed by atoms with Gasteiger partial charge in [0.1, 0.15) is 0 Å². The van der Waals surface area contributed by atoms with Gasteiger partial charge in [-0.1, -0.05) is 12.1 Å². The molecule has 0 aliphatic carbocycles. The van der Waals surface area contributed by atoms with Gasteiger partial charge >= 0.3 is 0 Å². The Morgan fingerprint density at radius 3 is 2.84 bits per heavy atom. The van der Waals surface area contributed by atoms with Crippen LogP contribution in [0.5, 0.6) is 0 Å². The number of carbonyl (C=O) groups excluding carboxylic acids is 1. The predicted octanol–water partition coefficient (Wildman–Crippen LogP) is 1.93. The monoisotopic (exact) mass is 266 g/mol. The van der Waals surface area contributed by atoms with E-state index >= 15 is 0 Å². The van der Waals surface area contributed by atoms with Gasteiger partial charge in [-0.25, -0.2) is 0 Å². The van der Waals surface area contributed by atoms with E-state index in [4.69, 9.17) is 5.11 Å². The van der Waals surface area contributed by atoms with Crippen molar-refractivity contribution in [3.05, 3.63) is 39.9 Å². The van der Waals surface area contributed by atoms with E-state index in [2.05, 4.69) is 5.32 Å². The molecule has 6 heteroatoms. The van der Waals surface area contributed by atoms with Crippen LogP contribution < -0.4 is 5.32 Å². The zero-order chi connectivity index (χ0) is 14.3. The average Bonchev–Trinajstić information content (AvgIpc) is 2.39. The summed E-state index contributed by atoms with van der Waals surface area (Å²) in [7, 11) is 0. The lowest BCUT2D eigenvalue weighted by molar-refractivity contribution is -0.384. The first-order valence-electron chi connectivity index (χ1n) is 6.19. The van der Waals surface area contributed by atoms with Crippen LogP contribution in [0, 0.1) is 10.1 Å². The van der Waals surface area contributed by atoms with Crippen LogP contribution >= 0.6 is 0 Å². The summed E-state index contributed by atoms with van der Waals surface area (Å²) in [4.78, 5) is 21.8. The average molecular weight is 266 g/mol. The van der Waals surface area contributed by atoms with Gasteiger partial charge < -0.3 is 10.4 Å². The molecule has 1 aromatic carbocycles. The molecule has 1 atom stereocenters. The minimum Gasteiger partial charge on any atom is -0.396 e. The molecule has 0 fully saturated rings. The number of nitrogens with zero attached hydrogens (tertiary/aromatic N) is 1. The number of nitrogens with one attached hydrogen (secondary N) is 1. The van der Waals surface area contributed by atoms with Crippen LogP contribution in [0.4, 0.5) is 5.69 Å². The minimum absolute atomic E-state index is 0.0129. The number of hydrogen-bond donors (Lipinski definition) is 2. The fourth-order valence-corrected chi connectivity index (χ4v) is 1.70. The zero-order valence-corrected chi connectivity index (χ0v) is 10.8. The second-order valence-corrected chi connectivity index (χ2v) is 4.32. The van der Waals surface area contributed by atoms with Crippen LogP contribution in [-0.2, 0) is 4.79 Å². The summed E-state index contributed by atoms with van der Waals surface area (Å²) in [6.45, 7) is 1.86. The molecule has 0 bridgehead atoms. The van der Waals surface area contributed by atoms with E-state index in [0.29, 0.717) is 24.8 Å². The lowest BCUT2D eigenvalue weighted by Gasteiger charge is -2.14. The SMILES string of the molecule is CC(NC(=O)CCCCO)c1cccc([N+](=O)[O-])c1. The van der Waals surface area contributed by atoms with Crippen LogP contribution in [0.2, 0.25) is 0 Å². The van der Waals surface area contributed by atoms with Crippen molar-refractivity contribution in [3.8, 4) is 0 Å². The fraction of sp³-hybridized carbons (Fsp3) is 0.462. The first-order chi connectivity index (χ1) is 9.04. The second-order valence-electron chi connectivity index (χ2n) is 4.32. The van der Waals surface area contributed by atoms with Crippen molar-refractivity contribution in [2.75, 3.05) is 6.61 Å². The van der Waals surface area contributed by atoms with Gasteiger partial charge in [-0.05, 0) is 25.3 Å². The highest BCUT2D eigenvalue weighted by Gasteiger charge is 2.12. The number of rotatable bonds is 7. The molecule has 19 heavy (non-hydrogen) atoms. The van der Waals surface area contributed by atoms with Crippen molar-refractivity contribution >= 4 is 11.6 Å². The second kappa shape index (κ2) is 7.48. The maximum atomic E-state index is 11.6. The predicted molar refractivity (Wildman–Crippen MR) is 70.6 cm³/mol. The van der Waals surface area contributed by atoms with Crippen LogP contribution in [-0.4, -0.2) is 22.5 Å². The maximum absolute atomic E-state index is 11.6. The van der Waals surface area contributed by atoms with Crippen LogP contribution in [0.3, 0.4) is 0 Å². The third kappa shape index (κ3) is 5.05. The van der Waals surface area contributed by atoms with Crippen molar-refractivity contribution in [1.82, 2.24) is 5.32 Å². The Morgan fingerprint density at radius 1 is 1.47 bits per heavy atom. The van der Waals surface area contributed by atoms with Crippen molar-refractivity contribution in [3.63, 3.8) is 0 Å². The van der Waals surface area contributed by atoms with Gasteiger partial charge in [-0.2, -0.15) is 0 Å². The summed E-state index contributed by atoms with van der Waals surface area (Å²) in [5, 5.41) is 22.1. The number of nitro groups is 1. The van der Waals surface area contributed by atoms with Crippen LogP contribution in [0.1, 0.15) is 37.8 Å². The van der Waals surface area contributed by atoms with E-state index in [1.165, 1.54) is 12.1 Å². The van der Waals surface area contributed by atoms with Crippen molar-refractivity contribution in [2.24, 2.45) is 0 Å². The highest BCUT2D eigenvalue weighted by atomic mass is 16.6. The number of non-ortho nitro benzene ring substituents is 1. The third-order valence-corrected chi connectivity index (χ3v) is 2.77. The quantitative estimate of drug-likeness (QED) is 0.448. The zero-order valence-electron chi connectivity index (χ0n) is 10.8. The van der Waals surface area contributed by atoms with Gasteiger partial charge in [0, 0.05) is 25.2 Å². The summed E-state index contributed by atoms with van der Waals surface area (Å²) >= 11 is 0.